The van der Waals surface area contributed by atoms with Gasteiger partial charge < -0.3 is 26.0 Å². The average Bonchev–Trinajstić information content (AvgIpc) is 2.95. The molecule has 0 unspecified atom stereocenters. The molecule has 0 atom stereocenters. The molecule has 0 saturated heterocycles. The first kappa shape index (κ1) is 38.1. The monoisotopic (exact) mass is 722 g/mol. The van der Waals surface area contributed by atoms with Crippen molar-refractivity contribution < 1.29 is 49.7 Å². The molecular formula is C32H35F3NO4P2Pd. The van der Waals surface area contributed by atoms with Gasteiger partial charge >= 0.3 is 209 Å². The summed E-state index contributed by atoms with van der Waals surface area (Å²) in [6.07, 6.45) is -4.15. The standard InChI is InChI=1S/2C13H12P.C2H2F3.2C2H4O2.H3N.Pd/c2*1-14(12-8-4-2-5-9-12)13-10-6-3-7-11-13;1-2(3,4)5;2*1-2(3)4;;/h2*2-11H,1H2;1H2;2*1H3,(H,3,4);1H3;/q;;;;;;+2/p-2. The molecule has 43 heavy (non-hydrogen) atoms. The SMILES string of the molecule is CC(=O)[O-].CC(=O)[O-].FC(F)(F)[CH2][Pd+2]([CH2]P(c1ccccc1)c1ccccc1)[CH2]P(c1ccccc1)c1ccccc1.N. The Morgan fingerprint density at radius 2 is 0.791 bits per heavy atom. The number of alkyl halides is 3. The first-order valence-electron chi connectivity index (χ1n) is 12.6. The first-order chi connectivity index (χ1) is 20.0. The Morgan fingerprint density at radius 1 is 0.581 bits per heavy atom. The fraction of sp³-hybridized carbons (Fsp3) is 0.188. The number of aliphatic carboxylic acids is 2. The van der Waals surface area contributed by atoms with Gasteiger partial charge in [0.25, 0.3) is 0 Å². The molecular weight excluding hydrogens is 688 g/mol. The predicted molar refractivity (Wildman–Crippen MR) is 165 cm³/mol. The van der Waals surface area contributed by atoms with Crippen molar-refractivity contribution in [2.45, 2.75) is 24.9 Å². The van der Waals surface area contributed by atoms with E-state index in [0.29, 0.717) is 9.27 Å². The molecule has 0 aliphatic carbocycles. The summed E-state index contributed by atoms with van der Waals surface area (Å²) in [5.74, 6) is -2.17. The summed E-state index contributed by atoms with van der Waals surface area (Å²) in [6.45, 7) is 1.94. The molecule has 11 heteroatoms. The van der Waals surface area contributed by atoms with Gasteiger partial charge in [0.2, 0.25) is 0 Å². The minimum absolute atomic E-state index is 0. The summed E-state index contributed by atoms with van der Waals surface area (Å²) in [4.78, 5) is 17.1. The van der Waals surface area contributed by atoms with E-state index in [1.807, 2.05) is 72.8 Å². The van der Waals surface area contributed by atoms with E-state index in [4.69, 9.17) is 19.8 Å². The second kappa shape index (κ2) is 20.1. The van der Waals surface area contributed by atoms with Gasteiger partial charge in [0.1, 0.15) is 0 Å². The van der Waals surface area contributed by atoms with Crippen molar-refractivity contribution in [1.82, 2.24) is 6.15 Å². The second-order valence-corrected chi connectivity index (χ2v) is 18.6. The van der Waals surface area contributed by atoms with E-state index >= 15 is 0 Å². The van der Waals surface area contributed by atoms with Gasteiger partial charge in [-0.2, -0.15) is 0 Å². The van der Waals surface area contributed by atoms with Crippen LogP contribution in [-0.4, -0.2) is 27.4 Å². The van der Waals surface area contributed by atoms with Gasteiger partial charge in [0, 0.05) is 11.9 Å². The van der Waals surface area contributed by atoms with Gasteiger partial charge in [-0.05, 0) is 13.8 Å². The molecule has 4 rings (SSSR count). The molecule has 4 aromatic rings. The summed E-state index contributed by atoms with van der Waals surface area (Å²) >= 11 is -1.94. The summed E-state index contributed by atoms with van der Waals surface area (Å²) in [5.41, 5.74) is 0. The number of carboxylic acid groups (broad SMARTS) is 2. The smallest absolute Gasteiger partial charge is 0.344 e. The summed E-state index contributed by atoms with van der Waals surface area (Å²) in [7, 11) is -1.70. The fourth-order valence-corrected chi connectivity index (χ4v) is 18.6. The van der Waals surface area contributed by atoms with Crippen molar-refractivity contribution in [3.05, 3.63) is 121 Å². The Bertz CT molecular complexity index is 1150. The zero-order valence-electron chi connectivity index (χ0n) is 23.9. The van der Waals surface area contributed by atoms with E-state index in [9.17, 15) is 13.2 Å². The van der Waals surface area contributed by atoms with Crippen LogP contribution in [0, 0.1) is 0 Å². The van der Waals surface area contributed by atoms with Crippen molar-refractivity contribution in [2.24, 2.45) is 0 Å². The van der Waals surface area contributed by atoms with E-state index in [0.717, 1.165) is 35.1 Å². The van der Waals surface area contributed by atoms with Gasteiger partial charge in [-0.3, -0.25) is 0 Å². The Hall–Kier alpha value is -2.91. The predicted octanol–water partition coefficient (Wildman–Crippen LogP) is 4.44. The molecule has 0 fully saturated rings. The van der Waals surface area contributed by atoms with E-state index < -0.39 is 55.6 Å². The number of benzene rings is 4. The number of hydrogen-bond acceptors (Lipinski definition) is 5. The van der Waals surface area contributed by atoms with E-state index in [1.165, 1.54) is 0 Å². The largest absolute Gasteiger partial charge is 0.344 e. The number of halogens is 3. The van der Waals surface area contributed by atoms with Crippen LogP contribution in [0.3, 0.4) is 0 Å². The van der Waals surface area contributed by atoms with Crippen molar-refractivity contribution >= 4 is 49.0 Å². The topological polar surface area (TPSA) is 115 Å². The first-order valence-corrected chi connectivity index (χ1v) is 18.9. The maximum atomic E-state index is 13.9. The third-order valence-electron chi connectivity index (χ3n) is 5.04. The van der Waals surface area contributed by atoms with E-state index in [-0.39, 0.29) is 6.15 Å². The normalized spacial score (nSPS) is 10.8. The third kappa shape index (κ3) is 15.9. The maximum Gasteiger partial charge on any atom is -0.344 e. The van der Waals surface area contributed by atoms with Gasteiger partial charge in [0.05, 0.1) is 0 Å². The van der Waals surface area contributed by atoms with Crippen LogP contribution < -0.4 is 37.6 Å². The third-order valence-corrected chi connectivity index (χ3v) is 18.2. The molecule has 0 radical (unpaired) electrons. The zero-order chi connectivity index (χ0) is 31.0. The van der Waals surface area contributed by atoms with Gasteiger partial charge in [0.15, 0.2) is 0 Å². The van der Waals surface area contributed by atoms with Crippen LogP contribution in [0.15, 0.2) is 121 Å². The Kier molecular flexibility index (Phi) is 17.8. The maximum absolute atomic E-state index is 13.9. The van der Waals surface area contributed by atoms with E-state index in [1.54, 1.807) is 0 Å². The molecule has 233 valence electrons. The summed E-state index contributed by atoms with van der Waals surface area (Å²) in [6, 6.07) is 40.4. The minimum atomic E-state index is -4.15. The fourth-order valence-electron chi connectivity index (χ4n) is 3.53. The van der Waals surface area contributed by atoms with Crippen molar-refractivity contribution in [1.29, 1.82) is 0 Å². The zero-order valence-corrected chi connectivity index (χ0v) is 27.2. The van der Waals surface area contributed by atoms with Crippen molar-refractivity contribution in [2.75, 3.05) is 9.27 Å². The molecule has 0 amide bonds. The molecule has 0 bridgehead atoms. The number of rotatable bonds is 9. The van der Waals surface area contributed by atoms with Crippen LogP contribution >= 0.6 is 15.8 Å². The second-order valence-electron chi connectivity index (χ2n) is 8.58. The van der Waals surface area contributed by atoms with Crippen molar-refractivity contribution in [3.63, 3.8) is 0 Å². The van der Waals surface area contributed by atoms with Gasteiger partial charge in [-0.15, -0.1) is 0 Å². The number of carboxylic acids is 2. The number of carbonyl (C=O) groups is 2. The quantitative estimate of drug-likeness (QED) is 0.203. The van der Waals surface area contributed by atoms with Crippen LogP contribution in [0.5, 0.6) is 0 Å². The van der Waals surface area contributed by atoms with Crippen molar-refractivity contribution in [3.8, 4) is 0 Å². The summed E-state index contributed by atoms with van der Waals surface area (Å²) < 4.78 is 42.8. The average molecular weight is 723 g/mol. The molecule has 0 aliphatic heterocycles. The molecule has 0 heterocycles. The Morgan fingerprint density at radius 3 is 0.977 bits per heavy atom. The molecule has 0 aromatic heterocycles. The van der Waals surface area contributed by atoms with Gasteiger partial charge in [-0.25, -0.2) is 0 Å². The van der Waals surface area contributed by atoms with Crippen LogP contribution in [0.4, 0.5) is 13.2 Å². The van der Waals surface area contributed by atoms with Crippen LogP contribution in [-0.2, 0) is 26.3 Å². The Labute approximate surface area is 259 Å². The minimum Gasteiger partial charge on any atom is -0.344 e. The molecule has 0 aliphatic rings. The van der Waals surface area contributed by atoms with Crippen LogP contribution in [0.2, 0.25) is 4.89 Å². The summed E-state index contributed by atoms with van der Waals surface area (Å²) in [5, 5.41) is 22.4. The Balaban J connectivity index is 0.000000917. The van der Waals surface area contributed by atoms with Crippen LogP contribution in [0.1, 0.15) is 13.8 Å². The molecule has 5 nitrogen and oxygen atoms in total. The van der Waals surface area contributed by atoms with Gasteiger partial charge in [-0.1, -0.05) is 0 Å². The molecule has 4 aromatic carbocycles. The number of hydrogen-bond donors (Lipinski definition) is 1. The molecule has 0 spiro atoms. The molecule has 0 saturated carbocycles. The van der Waals surface area contributed by atoms with E-state index in [2.05, 4.69) is 48.5 Å². The number of carbonyl (C=O) groups excluding carboxylic acids is 2. The van der Waals surface area contributed by atoms with Crippen LogP contribution in [0.25, 0.3) is 0 Å². The molecule has 3 N–H and O–H groups in total.